The van der Waals surface area contributed by atoms with E-state index in [0.717, 1.165) is 11.1 Å². The van der Waals surface area contributed by atoms with Gasteiger partial charge in [-0.15, -0.1) is 0 Å². The monoisotopic (exact) mass is 416 g/mol. The van der Waals surface area contributed by atoms with Gasteiger partial charge in [0.2, 0.25) is 10.0 Å². The van der Waals surface area contributed by atoms with E-state index >= 15 is 0 Å². The van der Waals surface area contributed by atoms with Crippen molar-refractivity contribution in [3.8, 4) is 5.75 Å². The summed E-state index contributed by atoms with van der Waals surface area (Å²) in [5.41, 5.74) is 3.60. The lowest BCUT2D eigenvalue weighted by Gasteiger charge is -2.22. The summed E-state index contributed by atoms with van der Waals surface area (Å²) in [5, 5.41) is 2.94. The lowest BCUT2D eigenvalue weighted by molar-refractivity contribution is 0.102. The Bertz CT molecular complexity index is 1050. The predicted molar refractivity (Wildman–Crippen MR) is 117 cm³/mol. The van der Waals surface area contributed by atoms with Crippen molar-refractivity contribution >= 4 is 27.3 Å². The molecule has 0 aliphatic carbocycles. The van der Waals surface area contributed by atoms with Crippen molar-refractivity contribution in [2.45, 2.75) is 45.6 Å². The number of sulfonamides is 1. The molecular weight excluding hydrogens is 388 g/mol. The molecule has 156 valence electrons. The maximum absolute atomic E-state index is 12.9. The van der Waals surface area contributed by atoms with Gasteiger partial charge in [-0.2, -0.15) is 0 Å². The van der Waals surface area contributed by atoms with E-state index < -0.39 is 10.0 Å². The van der Waals surface area contributed by atoms with Crippen LogP contribution in [0.2, 0.25) is 0 Å². The summed E-state index contributed by atoms with van der Waals surface area (Å²) in [4.78, 5) is 12.9. The highest BCUT2D eigenvalue weighted by atomic mass is 32.2. The summed E-state index contributed by atoms with van der Waals surface area (Å²) in [6.45, 7) is 8.18. The summed E-state index contributed by atoms with van der Waals surface area (Å²) in [5.74, 6) is 0.326. The number of hydrogen-bond acceptors (Lipinski definition) is 4. The second kappa shape index (κ2) is 7.37. The first-order valence-corrected chi connectivity index (χ1v) is 11.4. The minimum absolute atomic E-state index is 0.0649. The van der Waals surface area contributed by atoms with Crippen molar-refractivity contribution < 1.29 is 17.9 Å². The number of benzene rings is 2. The fourth-order valence-electron chi connectivity index (χ4n) is 3.72. The van der Waals surface area contributed by atoms with E-state index in [9.17, 15) is 13.2 Å². The number of amides is 1. The van der Waals surface area contributed by atoms with Crippen molar-refractivity contribution in [2.75, 3.05) is 23.0 Å². The van der Waals surface area contributed by atoms with E-state index in [-0.39, 0.29) is 17.4 Å². The topological polar surface area (TPSA) is 75.7 Å². The number of ether oxygens (including phenoxy) is 1. The molecule has 0 spiro atoms. The maximum Gasteiger partial charge on any atom is 0.255 e. The number of carbonyl (C=O) groups excluding carboxylic acids is 1. The van der Waals surface area contributed by atoms with Gasteiger partial charge in [-0.3, -0.25) is 9.10 Å². The zero-order valence-electron chi connectivity index (χ0n) is 17.7. The number of rotatable bonds is 4. The normalized spacial score (nSPS) is 16.5. The third-order valence-corrected chi connectivity index (χ3v) is 6.44. The Kier molecular flexibility index (Phi) is 5.38. The Morgan fingerprint density at radius 1 is 1.17 bits per heavy atom. The van der Waals surface area contributed by atoms with Crippen LogP contribution < -0.4 is 14.4 Å². The van der Waals surface area contributed by atoms with Crippen LogP contribution in [0.4, 0.5) is 11.4 Å². The molecule has 7 heteroatoms. The number of nitrogens with one attached hydrogen (secondary N) is 1. The van der Waals surface area contributed by atoms with Crippen LogP contribution in [-0.4, -0.2) is 33.7 Å². The van der Waals surface area contributed by atoms with Crippen LogP contribution in [-0.2, 0) is 21.9 Å². The van der Waals surface area contributed by atoms with Crippen molar-refractivity contribution in [1.82, 2.24) is 0 Å². The molecule has 1 amide bonds. The van der Waals surface area contributed by atoms with Crippen LogP contribution in [0.25, 0.3) is 0 Å². The quantitative estimate of drug-likeness (QED) is 0.819. The molecule has 0 unspecified atom stereocenters. The summed E-state index contributed by atoms with van der Waals surface area (Å²) in [6.07, 6.45) is 1.78. The average molecular weight is 417 g/mol. The van der Waals surface area contributed by atoms with Gasteiger partial charge in [-0.25, -0.2) is 8.42 Å². The van der Waals surface area contributed by atoms with E-state index in [1.165, 1.54) is 10.6 Å². The first-order valence-electron chi connectivity index (χ1n) is 9.54. The fourth-order valence-corrected chi connectivity index (χ4v) is 4.98. The second-order valence-corrected chi connectivity index (χ2v) is 10.4. The average Bonchev–Trinajstić information content (AvgIpc) is 2.95. The van der Waals surface area contributed by atoms with Gasteiger partial charge in [0, 0.05) is 11.6 Å². The van der Waals surface area contributed by atoms with Gasteiger partial charge in [-0.05, 0) is 60.2 Å². The Morgan fingerprint density at radius 2 is 1.86 bits per heavy atom. The molecule has 1 aliphatic heterocycles. The van der Waals surface area contributed by atoms with Gasteiger partial charge < -0.3 is 10.1 Å². The van der Waals surface area contributed by atoms with Crippen LogP contribution in [0.5, 0.6) is 5.75 Å². The Hall–Kier alpha value is -2.54. The van der Waals surface area contributed by atoms with Gasteiger partial charge in [0.1, 0.15) is 5.75 Å². The second-order valence-electron chi connectivity index (χ2n) is 8.57. The molecule has 29 heavy (non-hydrogen) atoms. The summed E-state index contributed by atoms with van der Waals surface area (Å²) >= 11 is 0. The van der Waals surface area contributed by atoms with Gasteiger partial charge in [-0.1, -0.05) is 26.8 Å². The first-order chi connectivity index (χ1) is 13.4. The summed E-state index contributed by atoms with van der Waals surface area (Å²) < 4.78 is 31.0. The molecule has 3 rings (SSSR count). The Balaban J connectivity index is 1.91. The largest absolute Gasteiger partial charge is 0.495 e. The fraction of sp³-hybridized carbons (Fsp3) is 0.409. The Morgan fingerprint density at radius 3 is 2.45 bits per heavy atom. The van der Waals surface area contributed by atoms with Gasteiger partial charge in [0.15, 0.2) is 0 Å². The zero-order valence-corrected chi connectivity index (χ0v) is 18.6. The van der Waals surface area contributed by atoms with Crippen LogP contribution in [0, 0.1) is 0 Å². The molecule has 0 aromatic heterocycles. The zero-order chi connectivity index (χ0) is 21.6. The van der Waals surface area contributed by atoms with E-state index in [1.807, 2.05) is 25.1 Å². The smallest absolute Gasteiger partial charge is 0.255 e. The molecule has 0 radical (unpaired) electrons. The highest BCUT2D eigenvalue weighted by Crippen LogP contribution is 2.35. The standard InChI is InChI=1S/C22H28N2O4S/c1-14-11-16-12-15(7-9-19(16)24(14)29(6,26)27)21(25)23-18-13-17(22(2,3)4)8-10-20(18)28-5/h7-10,12-14H,11H2,1-6H3,(H,23,25)/t14-/m1/s1. The van der Waals surface area contributed by atoms with Crippen molar-refractivity contribution in [2.24, 2.45) is 0 Å². The lowest BCUT2D eigenvalue weighted by Crippen LogP contribution is -2.34. The van der Waals surface area contributed by atoms with Gasteiger partial charge in [0.05, 0.1) is 24.7 Å². The molecular formula is C22H28N2O4S. The molecule has 6 nitrogen and oxygen atoms in total. The number of hydrogen-bond donors (Lipinski definition) is 1. The third-order valence-electron chi connectivity index (χ3n) is 5.17. The number of carbonyl (C=O) groups is 1. The highest BCUT2D eigenvalue weighted by Gasteiger charge is 2.32. The van der Waals surface area contributed by atoms with Crippen LogP contribution >= 0.6 is 0 Å². The number of methoxy groups -OCH3 is 1. The Labute approximate surface area is 172 Å². The molecule has 1 N–H and O–H groups in total. The predicted octanol–water partition coefficient (Wildman–Crippen LogP) is 3.96. The minimum Gasteiger partial charge on any atom is -0.495 e. The van der Waals surface area contributed by atoms with Gasteiger partial charge in [0.25, 0.3) is 5.91 Å². The molecule has 0 fully saturated rings. The lowest BCUT2D eigenvalue weighted by atomic mass is 9.87. The molecule has 1 heterocycles. The van der Waals surface area contributed by atoms with Crippen LogP contribution in [0.3, 0.4) is 0 Å². The molecule has 2 aromatic rings. The third kappa shape index (κ3) is 4.24. The minimum atomic E-state index is -3.36. The first kappa shape index (κ1) is 21.2. The number of anilines is 2. The van der Waals surface area contributed by atoms with Gasteiger partial charge >= 0.3 is 0 Å². The van der Waals surface area contributed by atoms with Crippen molar-refractivity contribution in [3.05, 3.63) is 53.1 Å². The molecule has 1 aliphatic rings. The van der Waals surface area contributed by atoms with E-state index in [0.29, 0.717) is 29.1 Å². The molecule has 2 aromatic carbocycles. The van der Waals surface area contributed by atoms with E-state index in [2.05, 4.69) is 26.1 Å². The van der Waals surface area contributed by atoms with Crippen molar-refractivity contribution in [1.29, 1.82) is 0 Å². The van der Waals surface area contributed by atoms with Crippen LogP contribution in [0.15, 0.2) is 36.4 Å². The molecule has 1 atom stereocenters. The maximum atomic E-state index is 12.9. The number of fused-ring (bicyclic) bond motifs is 1. The number of nitrogens with zero attached hydrogens (tertiary/aromatic N) is 1. The molecule has 0 bridgehead atoms. The summed E-state index contributed by atoms with van der Waals surface area (Å²) in [7, 11) is -1.79. The molecule has 0 saturated heterocycles. The van der Waals surface area contributed by atoms with Crippen LogP contribution in [0.1, 0.15) is 49.2 Å². The van der Waals surface area contributed by atoms with E-state index in [1.54, 1.807) is 25.3 Å². The van der Waals surface area contributed by atoms with Crippen molar-refractivity contribution in [3.63, 3.8) is 0 Å². The highest BCUT2D eigenvalue weighted by molar-refractivity contribution is 7.92. The summed E-state index contributed by atoms with van der Waals surface area (Å²) in [6, 6.07) is 10.7. The van der Waals surface area contributed by atoms with E-state index in [4.69, 9.17) is 4.74 Å². The SMILES string of the molecule is COc1ccc(C(C)(C)C)cc1NC(=O)c1ccc2c(c1)C[C@@H](C)N2S(C)(=O)=O. The molecule has 0 saturated carbocycles.